The minimum absolute atomic E-state index is 0.330. The van der Waals surface area contributed by atoms with Crippen LogP contribution in [-0.2, 0) is 0 Å². The van der Waals surface area contributed by atoms with Gasteiger partial charge < -0.3 is 5.11 Å². The minimum Gasteiger partial charge on any atom is -0.389 e. The normalized spacial score (nSPS) is 12.8. The number of para-hydroxylation sites is 1. The Balaban J connectivity index is 2.00. The Bertz CT molecular complexity index is 721. The molecule has 3 rings (SSSR count). The van der Waals surface area contributed by atoms with Gasteiger partial charge in [0.25, 0.3) is 0 Å². The third-order valence-electron chi connectivity index (χ3n) is 2.90. The first-order valence-corrected chi connectivity index (χ1v) is 7.78. The zero-order valence-corrected chi connectivity index (χ0v) is 12.3. The van der Waals surface area contributed by atoms with E-state index in [9.17, 15) is 9.50 Å². The molecule has 102 valence electrons. The summed E-state index contributed by atoms with van der Waals surface area (Å²) in [6, 6.07) is 12.7. The molecule has 0 saturated heterocycles. The van der Waals surface area contributed by atoms with Crippen LogP contribution < -0.4 is 0 Å². The van der Waals surface area contributed by atoms with Gasteiger partial charge in [-0.3, -0.25) is 0 Å². The standard InChI is InChI=1S/C15H12FNOS2/c1-9(18)14-10(16)5-4-8-13(14)20-15-17-11-6-2-3-7-12(11)19-15/h2-9,18H,1H3. The van der Waals surface area contributed by atoms with Crippen molar-refractivity contribution < 1.29 is 9.50 Å². The summed E-state index contributed by atoms with van der Waals surface area (Å²) in [5.41, 5.74) is 1.27. The summed E-state index contributed by atoms with van der Waals surface area (Å²) >= 11 is 2.96. The van der Waals surface area contributed by atoms with Crippen LogP contribution in [-0.4, -0.2) is 10.1 Å². The van der Waals surface area contributed by atoms with Crippen molar-refractivity contribution in [2.45, 2.75) is 22.3 Å². The van der Waals surface area contributed by atoms with Gasteiger partial charge in [0.2, 0.25) is 0 Å². The van der Waals surface area contributed by atoms with Crippen molar-refractivity contribution in [3.05, 3.63) is 53.8 Å². The molecule has 1 unspecified atom stereocenters. The van der Waals surface area contributed by atoms with E-state index in [1.807, 2.05) is 30.3 Å². The van der Waals surface area contributed by atoms with Gasteiger partial charge >= 0.3 is 0 Å². The van der Waals surface area contributed by atoms with Crippen molar-refractivity contribution >= 4 is 33.3 Å². The van der Waals surface area contributed by atoms with Crippen LogP contribution in [0.1, 0.15) is 18.6 Å². The number of benzene rings is 2. The average Bonchev–Trinajstić information content (AvgIpc) is 2.80. The molecule has 0 bridgehead atoms. The van der Waals surface area contributed by atoms with Gasteiger partial charge in [0.05, 0.1) is 16.3 Å². The fourth-order valence-corrected chi connectivity index (χ4v) is 4.26. The second-order valence-electron chi connectivity index (χ2n) is 4.38. The average molecular weight is 305 g/mol. The predicted molar refractivity (Wildman–Crippen MR) is 80.8 cm³/mol. The van der Waals surface area contributed by atoms with Crippen molar-refractivity contribution in [3.8, 4) is 0 Å². The lowest BCUT2D eigenvalue weighted by atomic mass is 10.1. The van der Waals surface area contributed by atoms with E-state index in [0.29, 0.717) is 10.5 Å². The van der Waals surface area contributed by atoms with E-state index >= 15 is 0 Å². The fourth-order valence-electron chi connectivity index (χ4n) is 2.00. The maximum atomic E-state index is 13.8. The number of hydrogen-bond acceptors (Lipinski definition) is 4. The highest BCUT2D eigenvalue weighted by atomic mass is 32.2. The summed E-state index contributed by atoms with van der Waals surface area (Å²) in [5.74, 6) is -0.383. The van der Waals surface area contributed by atoms with Crippen LogP contribution in [0.4, 0.5) is 4.39 Å². The Hall–Kier alpha value is -1.43. The third-order valence-corrected chi connectivity index (χ3v) is 5.08. The largest absolute Gasteiger partial charge is 0.389 e. The summed E-state index contributed by atoms with van der Waals surface area (Å²) in [7, 11) is 0. The molecule has 1 aromatic heterocycles. The predicted octanol–water partition coefficient (Wildman–Crippen LogP) is 4.64. The molecule has 0 aliphatic rings. The lowest BCUT2D eigenvalue weighted by Crippen LogP contribution is -1.98. The van der Waals surface area contributed by atoms with E-state index in [4.69, 9.17) is 0 Å². The van der Waals surface area contributed by atoms with Crippen LogP contribution in [0, 0.1) is 5.82 Å². The summed E-state index contributed by atoms with van der Waals surface area (Å²) in [6.07, 6.45) is -0.840. The van der Waals surface area contributed by atoms with Gasteiger partial charge in [0.1, 0.15) is 5.82 Å². The van der Waals surface area contributed by atoms with Crippen molar-refractivity contribution in [2.75, 3.05) is 0 Å². The van der Waals surface area contributed by atoms with Crippen molar-refractivity contribution in [3.63, 3.8) is 0 Å². The monoisotopic (exact) mass is 305 g/mol. The van der Waals surface area contributed by atoms with Crippen LogP contribution in [0.3, 0.4) is 0 Å². The molecule has 0 spiro atoms. The number of hydrogen-bond donors (Lipinski definition) is 1. The smallest absolute Gasteiger partial charge is 0.155 e. The maximum absolute atomic E-state index is 13.8. The fraction of sp³-hybridized carbons (Fsp3) is 0.133. The second kappa shape index (κ2) is 5.52. The highest BCUT2D eigenvalue weighted by Gasteiger charge is 2.15. The quantitative estimate of drug-likeness (QED) is 0.765. The summed E-state index contributed by atoms with van der Waals surface area (Å²) in [5, 5.41) is 9.73. The van der Waals surface area contributed by atoms with Gasteiger partial charge in [0, 0.05) is 10.5 Å². The van der Waals surface area contributed by atoms with E-state index in [0.717, 1.165) is 14.6 Å². The molecule has 2 nitrogen and oxygen atoms in total. The number of nitrogens with zero attached hydrogens (tertiary/aromatic N) is 1. The molecular weight excluding hydrogens is 293 g/mol. The molecule has 5 heteroatoms. The Labute approximate surface area is 124 Å². The van der Waals surface area contributed by atoms with Crippen molar-refractivity contribution in [1.29, 1.82) is 0 Å². The lowest BCUT2D eigenvalue weighted by molar-refractivity contribution is 0.191. The topological polar surface area (TPSA) is 33.1 Å². The molecule has 0 aliphatic heterocycles. The Morgan fingerprint density at radius 3 is 2.75 bits per heavy atom. The summed E-state index contributed by atoms with van der Waals surface area (Å²) < 4.78 is 15.8. The van der Waals surface area contributed by atoms with Crippen molar-refractivity contribution in [1.82, 2.24) is 4.98 Å². The van der Waals surface area contributed by atoms with E-state index < -0.39 is 6.10 Å². The molecule has 1 atom stereocenters. The molecule has 0 radical (unpaired) electrons. The highest BCUT2D eigenvalue weighted by molar-refractivity contribution is 8.01. The van der Waals surface area contributed by atoms with E-state index in [1.165, 1.54) is 17.8 Å². The van der Waals surface area contributed by atoms with Crippen LogP contribution in [0.5, 0.6) is 0 Å². The molecule has 1 heterocycles. The van der Waals surface area contributed by atoms with Crippen LogP contribution in [0.25, 0.3) is 10.2 Å². The first-order valence-electron chi connectivity index (χ1n) is 6.15. The Kier molecular flexibility index (Phi) is 3.74. The number of thiazole rings is 1. The molecular formula is C15H12FNOS2. The van der Waals surface area contributed by atoms with Gasteiger partial charge in [-0.25, -0.2) is 9.37 Å². The first-order chi connectivity index (χ1) is 9.65. The number of aromatic nitrogens is 1. The van der Waals surface area contributed by atoms with Gasteiger partial charge in [-0.15, -0.1) is 11.3 Å². The zero-order valence-electron chi connectivity index (χ0n) is 10.7. The lowest BCUT2D eigenvalue weighted by Gasteiger charge is -2.11. The van der Waals surface area contributed by atoms with Gasteiger partial charge in [-0.2, -0.15) is 0 Å². The SMILES string of the molecule is CC(O)c1c(F)cccc1Sc1nc2ccccc2s1. The number of fused-ring (bicyclic) bond motifs is 1. The molecule has 0 saturated carbocycles. The van der Waals surface area contributed by atoms with E-state index in [2.05, 4.69) is 4.98 Å². The molecule has 2 aromatic carbocycles. The number of rotatable bonds is 3. The van der Waals surface area contributed by atoms with Crippen LogP contribution >= 0.6 is 23.1 Å². The van der Waals surface area contributed by atoms with E-state index in [1.54, 1.807) is 24.3 Å². The minimum atomic E-state index is -0.840. The number of halogens is 1. The Morgan fingerprint density at radius 2 is 2.00 bits per heavy atom. The van der Waals surface area contributed by atoms with Gasteiger partial charge in [-0.1, -0.05) is 30.0 Å². The number of aliphatic hydroxyl groups is 1. The molecule has 0 amide bonds. The molecule has 3 aromatic rings. The molecule has 0 aliphatic carbocycles. The molecule has 1 N–H and O–H groups in total. The molecule has 20 heavy (non-hydrogen) atoms. The zero-order chi connectivity index (χ0) is 14.1. The van der Waals surface area contributed by atoms with E-state index in [-0.39, 0.29) is 5.82 Å². The van der Waals surface area contributed by atoms with Gasteiger partial charge in [0.15, 0.2) is 4.34 Å². The van der Waals surface area contributed by atoms with Crippen LogP contribution in [0.2, 0.25) is 0 Å². The third kappa shape index (κ3) is 2.57. The van der Waals surface area contributed by atoms with Crippen LogP contribution in [0.15, 0.2) is 51.7 Å². The summed E-state index contributed by atoms with van der Waals surface area (Å²) in [6.45, 7) is 1.57. The first kappa shape index (κ1) is 13.5. The highest BCUT2D eigenvalue weighted by Crippen LogP contribution is 2.38. The van der Waals surface area contributed by atoms with Gasteiger partial charge in [-0.05, 0) is 31.2 Å². The second-order valence-corrected chi connectivity index (χ2v) is 6.70. The number of aliphatic hydroxyl groups excluding tert-OH is 1. The maximum Gasteiger partial charge on any atom is 0.155 e. The summed E-state index contributed by atoms with van der Waals surface area (Å²) in [4.78, 5) is 5.22. The molecule has 0 fully saturated rings. The van der Waals surface area contributed by atoms with Crippen molar-refractivity contribution in [2.24, 2.45) is 0 Å². The Morgan fingerprint density at radius 1 is 1.20 bits per heavy atom.